The number of morpholine rings is 1. The van der Waals surface area contributed by atoms with Crippen molar-refractivity contribution >= 4 is 5.91 Å². The van der Waals surface area contributed by atoms with E-state index < -0.39 is 11.7 Å². The predicted molar refractivity (Wildman–Crippen MR) is 66.8 cm³/mol. The van der Waals surface area contributed by atoms with Crippen molar-refractivity contribution < 1.29 is 14.6 Å². The second kappa shape index (κ2) is 5.10. The number of hydrogen-bond donors (Lipinski definition) is 2. The van der Waals surface area contributed by atoms with Gasteiger partial charge in [-0.25, -0.2) is 4.98 Å². The largest absolute Gasteiger partial charge is 0.394 e. The molecule has 1 aliphatic rings. The van der Waals surface area contributed by atoms with Gasteiger partial charge in [0.05, 0.1) is 24.5 Å². The van der Waals surface area contributed by atoms with Crippen LogP contribution in [0, 0.1) is 0 Å². The van der Waals surface area contributed by atoms with Crippen molar-refractivity contribution in [2.75, 3.05) is 19.7 Å². The summed E-state index contributed by atoms with van der Waals surface area (Å²) in [5.41, 5.74) is -0.704. The highest BCUT2D eigenvalue weighted by molar-refractivity contribution is 5.92. The zero-order valence-electron chi connectivity index (χ0n) is 10.9. The van der Waals surface area contributed by atoms with Crippen LogP contribution in [0.25, 0.3) is 0 Å². The molecule has 2 N–H and O–H groups in total. The first-order chi connectivity index (χ1) is 8.91. The Kier molecular flexibility index (Phi) is 3.68. The molecule has 1 saturated heterocycles. The number of aromatic amines is 1. The van der Waals surface area contributed by atoms with Gasteiger partial charge in [0.1, 0.15) is 5.69 Å². The molecule has 1 amide bonds. The minimum absolute atomic E-state index is 0.147. The number of carbonyl (C=O) groups excluding carboxylic acids is 1. The molecule has 1 aromatic heterocycles. The van der Waals surface area contributed by atoms with Crippen molar-refractivity contribution in [2.45, 2.75) is 25.6 Å². The molecular formula is C12H17N3O4. The SMILES string of the molecule is CC1(C)CN(C(=O)c2c[nH]c(=O)cn2)CC(CO)O1. The maximum atomic E-state index is 12.3. The van der Waals surface area contributed by atoms with Crippen LogP contribution in [0.2, 0.25) is 0 Å². The van der Waals surface area contributed by atoms with E-state index in [1.54, 1.807) is 4.90 Å². The highest BCUT2D eigenvalue weighted by atomic mass is 16.5. The van der Waals surface area contributed by atoms with Crippen molar-refractivity contribution in [1.29, 1.82) is 0 Å². The average molecular weight is 267 g/mol. The Labute approximate surface area is 110 Å². The third-order valence-electron chi connectivity index (χ3n) is 2.86. The van der Waals surface area contributed by atoms with E-state index in [2.05, 4.69) is 9.97 Å². The Balaban J connectivity index is 2.18. The molecule has 1 fully saturated rings. The van der Waals surface area contributed by atoms with Gasteiger partial charge >= 0.3 is 0 Å². The lowest BCUT2D eigenvalue weighted by Gasteiger charge is -2.42. The van der Waals surface area contributed by atoms with Gasteiger partial charge in [0.2, 0.25) is 0 Å². The molecule has 1 aliphatic heterocycles. The molecule has 2 heterocycles. The van der Waals surface area contributed by atoms with Crippen molar-refractivity contribution in [1.82, 2.24) is 14.9 Å². The van der Waals surface area contributed by atoms with Gasteiger partial charge in [-0.05, 0) is 13.8 Å². The molecule has 0 spiro atoms. The highest BCUT2D eigenvalue weighted by Gasteiger charge is 2.35. The summed E-state index contributed by atoms with van der Waals surface area (Å²) >= 11 is 0. The second-order valence-electron chi connectivity index (χ2n) is 5.16. The molecule has 0 saturated carbocycles. The number of ether oxygens (including phenoxy) is 1. The normalized spacial score (nSPS) is 22.3. The first kappa shape index (κ1) is 13.7. The Morgan fingerprint density at radius 2 is 2.42 bits per heavy atom. The molecule has 1 unspecified atom stereocenters. The molecule has 2 rings (SSSR count). The summed E-state index contributed by atoms with van der Waals surface area (Å²) in [6.07, 6.45) is 1.96. The summed E-state index contributed by atoms with van der Waals surface area (Å²) in [6, 6.07) is 0. The molecule has 7 nitrogen and oxygen atoms in total. The summed E-state index contributed by atoms with van der Waals surface area (Å²) in [4.78, 5) is 31.0. The van der Waals surface area contributed by atoms with Crippen molar-refractivity contribution in [3.63, 3.8) is 0 Å². The zero-order chi connectivity index (χ0) is 14.0. The molecule has 0 aliphatic carbocycles. The topological polar surface area (TPSA) is 95.5 Å². The van der Waals surface area contributed by atoms with E-state index in [0.29, 0.717) is 13.1 Å². The number of nitrogens with zero attached hydrogens (tertiary/aromatic N) is 2. The molecule has 0 radical (unpaired) electrons. The van der Waals surface area contributed by atoms with Gasteiger partial charge < -0.3 is 19.7 Å². The predicted octanol–water partition coefficient (Wildman–Crippen LogP) is -0.618. The summed E-state index contributed by atoms with van der Waals surface area (Å²) in [5.74, 6) is -0.286. The van der Waals surface area contributed by atoms with E-state index in [-0.39, 0.29) is 23.8 Å². The van der Waals surface area contributed by atoms with Crippen LogP contribution < -0.4 is 5.56 Å². The Morgan fingerprint density at radius 3 is 3.00 bits per heavy atom. The third-order valence-corrected chi connectivity index (χ3v) is 2.86. The minimum Gasteiger partial charge on any atom is -0.394 e. The number of carbonyl (C=O) groups is 1. The number of H-pyrrole nitrogens is 1. The number of aliphatic hydroxyl groups is 1. The molecule has 1 aromatic rings. The zero-order valence-corrected chi connectivity index (χ0v) is 10.9. The lowest BCUT2D eigenvalue weighted by atomic mass is 10.0. The number of aliphatic hydroxyl groups excluding tert-OH is 1. The quantitative estimate of drug-likeness (QED) is 0.744. The molecule has 1 atom stereocenters. The van der Waals surface area contributed by atoms with Crippen LogP contribution in [0.5, 0.6) is 0 Å². The van der Waals surface area contributed by atoms with Gasteiger partial charge in [-0.1, -0.05) is 0 Å². The highest BCUT2D eigenvalue weighted by Crippen LogP contribution is 2.21. The first-order valence-electron chi connectivity index (χ1n) is 6.04. The number of amides is 1. The fourth-order valence-corrected chi connectivity index (χ4v) is 2.17. The maximum Gasteiger partial charge on any atom is 0.274 e. The van der Waals surface area contributed by atoms with Crippen molar-refractivity contribution in [3.8, 4) is 0 Å². The summed E-state index contributed by atoms with van der Waals surface area (Å²) in [5, 5.41) is 9.20. The Bertz CT molecular complexity index is 505. The van der Waals surface area contributed by atoms with E-state index in [0.717, 1.165) is 6.20 Å². The van der Waals surface area contributed by atoms with Crippen LogP contribution in [0.3, 0.4) is 0 Å². The smallest absolute Gasteiger partial charge is 0.274 e. The van der Waals surface area contributed by atoms with E-state index in [1.165, 1.54) is 6.20 Å². The van der Waals surface area contributed by atoms with E-state index in [4.69, 9.17) is 4.74 Å². The van der Waals surface area contributed by atoms with Crippen LogP contribution in [0.15, 0.2) is 17.2 Å². The molecule has 7 heteroatoms. The number of aromatic nitrogens is 2. The van der Waals surface area contributed by atoms with E-state index in [1.807, 2.05) is 13.8 Å². The summed E-state index contributed by atoms with van der Waals surface area (Å²) < 4.78 is 5.64. The molecule has 0 aromatic carbocycles. The van der Waals surface area contributed by atoms with Gasteiger partial charge in [0.15, 0.2) is 0 Å². The third kappa shape index (κ3) is 3.18. The molecular weight excluding hydrogens is 250 g/mol. The second-order valence-corrected chi connectivity index (χ2v) is 5.16. The van der Waals surface area contributed by atoms with Crippen LogP contribution in [-0.2, 0) is 4.74 Å². The summed E-state index contributed by atoms with van der Waals surface area (Å²) in [6.45, 7) is 4.28. The fraction of sp³-hybridized carbons (Fsp3) is 0.583. The van der Waals surface area contributed by atoms with Gasteiger partial charge in [-0.3, -0.25) is 9.59 Å². The van der Waals surface area contributed by atoms with Crippen LogP contribution >= 0.6 is 0 Å². The Hall–Kier alpha value is -1.73. The van der Waals surface area contributed by atoms with Crippen LogP contribution in [0.4, 0.5) is 0 Å². The monoisotopic (exact) mass is 267 g/mol. The van der Waals surface area contributed by atoms with Crippen LogP contribution in [0.1, 0.15) is 24.3 Å². The van der Waals surface area contributed by atoms with Crippen LogP contribution in [-0.4, -0.2) is 57.3 Å². The maximum absolute atomic E-state index is 12.3. The lowest BCUT2D eigenvalue weighted by molar-refractivity contribution is -0.139. The van der Waals surface area contributed by atoms with Crippen molar-refractivity contribution in [2.24, 2.45) is 0 Å². The lowest BCUT2D eigenvalue weighted by Crippen LogP contribution is -2.55. The Morgan fingerprint density at radius 1 is 1.68 bits per heavy atom. The standard InChI is InChI=1S/C12H17N3O4/c1-12(2)7-15(5-8(6-16)19-12)11(18)9-3-14-10(17)4-13-9/h3-4,8,16H,5-7H2,1-2H3,(H,14,17). The number of hydrogen-bond acceptors (Lipinski definition) is 5. The number of rotatable bonds is 2. The minimum atomic E-state index is -0.524. The van der Waals surface area contributed by atoms with Gasteiger partial charge in [-0.15, -0.1) is 0 Å². The number of nitrogens with one attached hydrogen (secondary N) is 1. The average Bonchev–Trinajstić information content (AvgIpc) is 2.37. The van der Waals surface area contributed by atoms with E-state index in [9.17, 15) is 14.7 Å². The van der Waals surface area contributed by atoms with Gasteiger partial charge in [0, 0.05) is 19.3 Å². The van der Waals surface area contributed by atoms with Gasteiger partial charge in [-0.2, -0.15) is 0 Å². The van der Waals surface area contributed by atoms with Crippen molar-refractivity contribution in [3.05, 3.63) is 28.4 Å². The molecule has 19 heavy (non-hydrogen) atoms. The summed E-state index contributed by atoms with van der Waals surface area (Å²) in [7, 11) is 0. The first-order valence-corrected chi connectivity index (χ1v) is 6.04. The molecule has 104 valence electrons. The van der Waals surface area contributed by atoms with E-state index >= 15 is 0 Å². The van der Waals surface area contributed by atoms with Gasteiger partial charge in [0.25, 0.3) is 11.5 Å². The fourth-order valence-electron chi connectivity index (χ4n) is 2.17. The molecule has 0 bridgehead atoms.